The van der Waals surface area contributed by atoms with E-state index in [9.17, 15) is 9.00 Å². The lowest BCUT2D eigenvalue weighted by Gasteiger charge is -2.14. The fraction of sp³-hybridized carbons (Fsp3) is 0.0417. The maximum atomic E-state index is 13.7. The number of hydrogen-bond donors (Lipinski definition) is 0. The van der Waals surface area contributed by atoms with Crippen molar-refractivity contribution >= 4 is 49.4 Å². The van der Waals surface area contributed by atoms with E-state index in [0.717, 1.165) is 10.0 Å². The number of nitrogens with zero attached hydrogens (tertiary/aromatic N) is 4. The quantitative estimate of drug-likeness (QED) is 0.307. The fourth-order valence-electron chi connectivity index (χ4n) is 3.57. The number of hydrogen-bond acceptors (Lipinski definition) is 4. The molecular formula is C24H16BrClN4O2S. The predicted octanol–water partition coefficient (Wildman–Crippen LogP) is 5.39. The summed E-state index contributed by atoms with van der Waals surface area (Å²) >= 11 is 9.53. The Bertz CT molecular complexity index is 1580. The van der Waals surface area contributed by atoms with E-state index in [1.165, 1.54) is 6.20 Å². The van der Waals surface area contributed by atoms with Gasteiger partial charge in [0.15, 0.2) is 5.65 Å². The minimum Gasteiger partial charge on any atom is -0.268 e. The molecule has 33 heavy (non-hydrogen) atoms. The van der Waals surface area contributed by atoms with Gasteiger partial charge in [0, 0.05) is 37.0 Å². The second-order valence-electron chi connectivity index (χ2n) is 7.30. The van der Waals surface area contributed by atoms with Gasteiger partial charge in [0.1, 0.15) is 11.2 Å². The molecule has 3 aromatic carbocycles. The van der Waals surface area contributed by atoms with E-state index < -0.39 is 10.8 Å². The van der Waals surface area contributed by atoms with Gasteiger partial charge in [-0.05, 0) is 54.6 Å². The second-order valence-corrected chi connectivity index (χ2v) is 10.0. The fourth-order valence-corrected chi connectivity index (χ4v) is 4.52. The van der Waals surface area contributed by atoms with Crippen LogP contribution in [0.1, 0.15) is 0 Å². The van der Waals surface area contributed by atoms with Crippen LogP contribution in [0.25, 0.3) is 33.8 Å². The molecule has 0 N–H and O–H groups in total. The Hall–Kier alpha value is -3.07. The third-order valence-electron chi connectivity index (χ3n) is 5.18. The Morgan fingerprint density at radius 2 is 1.70 bits per heavy atom. The van der Waals surface area contributed by atoms with Gasteiger partial charge in [-0.3, -0.25) is 13.6 Å². The first-order valence-electron chi connectivity index (χ1n) is 9.89. The molecule has 0 aliphatic heterocycles. The summed E-state index contributed by atoms with van der Waals surface area (Å²) in [6, 6.07) is 21.8. The van der Waals surface area contributed by atoms with Gasteiger partial charge < -0.3 is 0 Å². The summed E-state index contributed by atoms with van der Waals surface area (Å²) in [5.74, 6) is 0.472. The lowest BCUT2D eigenvalue weighted by atomic mass is 10.2. The molecule has 0 aliphatic rings. The average molecular weight is 540 g/mol. The highest BCUT2D eigenvalue weighted by Crippen LogP contribution is 2.26. The third-order valence-corrected chi connectivity index (χ3v) is 6.88. The van der Waals surface area contributed by atoms with Gasteiger partial charge in [-0.15, -0.1) is 0 Å². The third kappa shape index (κ3) is 4.06. The van der Waals surface area contributed by atoms with Crippen molar-refractivity contribution < 1.29 is 4.21 Å². The number of aromatic nitrogens is 4. The van der Waals surface area contributed by atoms with Gasteiger partial charge >= 0.3 is 0 Å². The maximum absolute atomic E-state index is 13.7. The molecule has 0 aliphatic carbocycles. The molecule has 1 unspecified atom stereocenters. The molecule has 164 valence electrons. The highest BCUT2D eigenvalue weighted by Gasteiger charge is 2.19. The molecule has 0 saturated heterocycles. The van der Waals surface area contributed by atoms with Crippen molar-refractivity contribution in [3.63, 3.8) is 0 Å². The monoisotopic (exact) mass is 538 g/mol. The van der Waals surface area contributed by atoms with Gasteiger partial charge in [0.2, 0.25) is 0 Å². The zero-order valence-corrected chi connectivity index (χ0v) is 20.4. The van der Waals surface area contributed by atoms with E-state index in [4.69, 9.17) is 16.6 Å². The van der Waals surface area contributed by atoms with Crippen LogP contribution in [0.15, 0.2) is 93.2 Å². The van der Waals surface area contributed by atoms with Gasteiger partial charge in [-0.25, -0.2) is 9.67 Å². The van der Waals surface area contributed by atoms with Crippen molar-refractivity contribution in [1.29, 1.82) is 0 Å². The van der Waals surface area contributed by atoms with Gasteiger partial charge in [0.25, 0.3) is 5.56 Å². The van der Waals surface area contributed by atoms with Crippen LogP contribution < -0.4 is 5.56 Å². The number of fused-ring (bicyclic) bond motifs is 1. The molecule has 0 fully saturated rings. The number of halogens is 2. The van der Waals surface area contributed by atoms with Crippen LogP contribution in [0.3, 0.4) is 0 Å². The zero-order valence-electron chi connectivity index (χ0n) is 17.3. The van der Waals surface area contributed by atoms with Crippen LogP contribution in [-0.2, 0) is 10.8 Å². The largest absolute Gasteiger partial charge is 0.269 e. The highest BCUT2D eigenvalue weighted by atomic mass is 79.9. The SMILES string of the molecule is CS(=O)c1cccc(-n2ncc3c(=O)n(-c4ccc(Cl)cc4)c(-c4ccc(Br)cc4)nc32)c1. The Kier molecular flexibility index (Phi) is 5.74. The molecule has 6 nitrogen and oxygen atoms in total. The van der Waals surface area contributed by atoms with E-state index in [-0.39, 0.29) is 5.56 Å². The van der Waals surface area contributed by atoms with E-state index in [2.05, 4.69) is 21.0 Å². The summed E-state index contributed by atoms with van der Waals surface area (Å²) in [7, 11) is -1.15. The van der Waals surface area contributed by atoms with Crippen molar-refractivity contribution in [2.24, 2.45) is 0 Å². The van der Waals surface area contributed by atoms with Crippen LogP contribution in [0, 0.1) is 0 Å². The average Bonchev–Trinajstić information content (AvgIpc) is 3.25. The Morgan fingerprint density at radius 1 is 0.970 bits per heavy atom. The van der Waals surface area contributed by atoms with Crippen LogP contribution in [0.4, 0.5) is 0 Å². The van der Waals surface area contributed by atoms with Crippen LogP contribution >= 0.6 is 27.5 Å². The molecule has 0 spiro atoms. The molecule has 1 atom stereocenters. The minimum atomic E-state index is -1.15. The van der Waals surface area contributed by atoms with Gasteiger partial charge in [-0.1, -0.05) is 45.7 Å². The minimum absolute atomic E-state index is 0.248. The van der Waals surface area contributed by atoms with Gasteiger partial charge in [0.05, 0.1) is 17.6 Å². The number of rotatable bonds is 4. The summed E-state index contributed by atoms with van der Waals surface area (Å²) in [6.45, 7) is 0. The summed E-state index contributed by atoms with van der Waals surface area (Å²) in [4.78, 5) is 19.2. The van der Waals surface area contributed by atoms with E-state index in [0.29, 0.717) is 38.2 Å². The molecule has 0 saturated carbocycles. The predicted molar refractivity (Wildman–Crippen MR) is 135 cm³/mol. The zero-order chi connectivity index (χ0) is 23.1. The van der Waals surface area contributed by atoms with Crippen molar-refractivity contribution in [1.82, 2.24) is 19.3 Å². The van der Waals surface area contributed by atoms with Crippen molar-refractivity contribution in [2.75, 3.05) is 6.26 Å². The standard InChI is InChI=1S/C24H16BrClN4O2S/c1-33(32)20-4-2-3-19(13-20)30-23-21(14-27-30)24(31)29(18-11-9-17(26)10-12-18)22(28-23)15-5-7-16(25)8-6-15/h2-14H,1H3. The van der Waals surface area contributed by atoms with E-state index >= 15 is 0 Å². The first-order valence-corrected chi connectivity index (χ1v) is 12.6. The van der Waals surface area contributed by atoms with E-state index in [1.807, 2.05) is 36.4 Å². The molecule has 9 heteroatoms. The first kappa shape index (κ1) is 21.8. The lowest BCUT2D eigenvalue weighted by molar-refractivity contribution is 0.686. The Morgan fingerprint density at radius 3 is 2.39 bits per heavy atom. The summed E-state index contributed by atoms with van der Waals surface area (Å²) in [5, 5.41) is 5.38. The maximum Gasteiger partial charge on any atom is 0.269 e. The molecule has 2 aromatic heterocycles. The van der Waals surface area contributed by atoms with Crippen molar-refractivity contribution in [3.8, 4) is 22.8 Å². The summed E-state index contributed by atoms with van der Waals surface area (Å²) < 4.78 is 16.1. The number of benzene rings is 3. The first-order chi connectivity index (χ1) is 15.9. The smallest absolute Gasteiger partial charge is 0.268 e. The molecular weight excluding hydrogens is 524 g/mol. The van der Waals surface area contributed by atoms with Crippen molar-refractivity contribution in [2.45, 2.75) is 4.90 Å². The molecule has 2 heterocycles. The van der Waals surface area contributed by atoms with Gasteiger partial charge in [-0.2, -0.15) is 5.10 Å². The lowest BCUT2D eigenvalue weighted by Crippen LogP contribution is -2.22. The van der Waals surface area contributed by atoms with Crippen LogP contribution in [0.5, 0.6) is 0 Å². The topological polar surface area (TPSA) is 69.8 Å². The highest BCUT2D eigenvalue weighted by molar-refractivity contribution is 9.10. The Labute approximate surface area is 205 Å². The summed E-state index contributed by atoms with van der Waals surface area (Å²) in [6.07, 6.45) is 3.13. The normalized spacial score (nSPS) is 12.2. The van der Waals surface area contributed by atoms with Crippen molar-refractivity contribution in [3.05, 3.63) is 98.8 Å². The molecule has 0 amide bonds. The molecule has 5 rings (SSSR count). The molecule has 0 radical (unpaired) electrons. The second kappa shape index (κ2) is 8.70. The molecule has 0 bridgehead atoms. The van der Waals surface area contributed by atoms with Crippen LogP contribution in [0.2, 0.25) is 5.02 Å². The van der Waals surface area contributed by atoms with Crippen LogP contribution in [-0.4, -0.2) is 29.8 Å². The Balaban J connectivity index is 1.82. The molecule has 5 aromatic rings. The van der Waals surface area contributed by atoms with E-state index in [1.54, 1.807) is 51.9 Å². The summed E-state index contributed by atoms with van der Waals surface area (Å²) in [5.41, 5.74) is 2.26.